The maximum absolute atomic E-state index is 14.0. The Morgan fingerprint density at radius 2 is 2.19 bits per heavy atom. The Morgan fingerprint density at radius 3 is 3.04 bits per heavy atom. The van der Waals surface area contributed by atoms with Crippen molar-refractivity contribution in [3.05, 3.63) is 46.1 Å². The number of aromatic nitrogens is 3. The molecule has 0 bridgehead atoms. The number of thiophene rings is 1. The van der Waals surface area contributed by atoms with Gasteiger partial charge in [-0.2, -0.15) is 0 Å². The molecule has 1 N–H and O–H groups in total. The molecule has 3 aromatic rings. The van der Waals surface area contributed by atoms with Crippen LogP contribution >= 0.6 is 11.3 Å². The van der Waals surface area contributed by atoms with Gasteiger partial charge in [-0.15, -0.1) is 21.5 Å². The van der Waals surface area contributed by atoms with E-state index >= 15 is 0 Å². The van der Waals surface area contributed by atoms with Gasteiger partial charge in [0.1, 0.15) is 17.5 Å². The molecule has 1 aliphatic heterocycles. The number of hydrogen-bond acceptors (Lipinski definition) is 4. The Balaban J connectivity index is 1.44. The highest BCUT2D eigenvalue weighted by Crippen LogP contribution is 2.32. The summed E-state index contributed by atoms with van der Waals surface area (Å²) in [5.74, 6) is 1.56. The minimum atomic E-state index is -0.276. The number of rotatable bonds is 4. The van der Waals surface area contributed by atoms with E-state index in [1.807, 2.05) is 6.07 Å². The molecule has 1 amide bonds. The quantitative estimate of drug-likeness (QED) is 0.761. The van der Waals surface area contributed by atoms with Crippen molar-refractivity contribution < 1.29 is 9.18 Å². The van der Waals surface area contributed by atoms with Gasteiger partial charge in [-0.3, -0.25) is 4.79 Å². The minimum absolute atomic E-state index is 0.154. The SMILES string of the molecule is Cc1c(C(=O)NCCc2nnc3n2CCCCC3)sc2cccc(F)c12. The Kier molecular flexibility index (Phi) is 4.72. The molecule has 0 saturated heterocycles. The fraction of sp³-hybridized carbons (Fsp3) is 0.421. The van der Waals surface area contributed by atoms with Crippen LogP contribution in [0.15, 0.2) is 18.2 Å². The fourth-order valence-corrected chi connectivity index (χ4v) is 4.71. The molecule has 26 heavy (non-hydrogen) atoms. The smallest absolute Gasteiger partial charge is 0.261 e. The zero-order chi connectivity index (χ0) is 18.1. The van der Waals surface area contributed by atoms with Crippen molar-refractivity contribution in [3.63, 3.8) is 0 Å². The van der Waals surface area contributed by atoms with Crippen LogP contribution in [0.1, 0.15) is 46.1 Å². The summed E-state index contributed by atoms with van der Waals surface area (Å²) >= 11 is 1.33. The van der Waals surface area contributed by atoms with Gasteiger partial charge in [0.05, 0.1) is 4.88 Å². The van der Waals surface area contributed by atoms with Crippen molar-refractivity contribution >= 4 is 27.3 Å². The summed E-state index contributed by atoms with van der Waals surface area (Å²) in [4.78, 5) is 13.1. The van der Waals surface area contributed by atoms with E-state index in [9.17, 15) is 9.18 Å². The first-order valence-corrected chi connectivity index (χ1v) is 9.83. The van der Waals surface area contributed by atoms with Crippen LogP contribution in [0.25, 0.3) is 10.1 Å². The van der Waals surface area contributed by atoms with Crippen LogP contribution in [0.5, 0.6) is 0 Å². The predicted octanol–water partition coefficient (Wildman–Crippen LogP) is 3.64. The second-order valence-corrected chi connectivity index (χ2v) is 7.72. The number of hydrogen-bond donors (Lipinski definition) is 1. The molecule has 0 saturated carbocycles. The molecule has 7 heteroatoms. The lowest BCUT2D eigenvalue weighted by Gasteiger charge is -2.08. The van der Waals surface area contributed by atoms with Gasteiger partial charge in [-0.1, -0.05) is 12.5 Å². The number of benzene rings is 1. The van der Waals surface area contributed by atoms with Crippen molar-refractivity contribution in [2.75, 3.05) is 6.54 Å². The molecular formula is C19H21FN4OS. The van der Waals surface area contributed by atoms with Gasteiger partial charge in [0.15, 0.2) is 0 Å². The first-order valence-electron chi connectivity index (χ1n) is 9.02. The second-order valence-electron chi connectivity index (χ2n) is 6.67. The van der Waals surface area contributed by atoms with Crippen LogP contribution in [-0.2, 0) is 19.4 Å². The lowest BCUT2D eigenvalue weighted by molar-refractivity contribution is 0.0957. The minimum Gasteiger partial charge on any atom is -0.351 e. The third-order valence-electron chi connectivity index (χ3n) is 4.93. The zero-order valence-corrected chi connectivity index (χ0v) is 15.5. The molecule has 1 aliphatic rings. The number of nitrogens with zero attached hydrogens (tertiary/aromatic N) is 3. The summed E-state index contributed by atoms with van der Waals surface area (Å²) in [6, 6.07) is 4.95. The average Bonchev–Trinajstić information content (AvgIpc) is 3.07. The van der Waals surface area contributed by atoms with E-state index in [4.69, 9.17) is 0 Å². The largest absolute Gasteiger partial charge is 0.351 e. The number of aryl methyl sites for hydroxylation is 2. The molecule has 0 atom stereocenters. The first kappa shape index (κ1) is 17.1. The van der Waals surface area contributed by atoms with E-state index < -0.39 is 0 Å². The van der Waals surface area contributed by atoms with E-state index in [0.717, 1.165) is 42.2 Å². The molecule has 0 spiro atoms. The maximum Gasteiger partial charge on any atom is 0.261 e. The third-order valence-corrected chi connectivity index (χ3v) is 6.19. The lowest BCUT2D eigenvalue weighted by atomic mass is 10.1. The van der Waals surface area contributed by atoms with E-state index in [1.165, 1.54) is 23.8 Å². The normalized spacial score (nSPS) is 14.2. The molecule has 4 rings (SSSR count). The predicted molar refractivity (Wildman–Crippen MR) is 100 cm³/mol. The summed E-state index contributed by atoms with van der Waals surface area (Å²) in [5.41, 5.74) is 0.706. The molecule has 3 heterocycles. The number of nitrogens with one attached hydrogen (secondary N) is 1. The number of halogens is 1. The van der Waals surface area contributed by atoms with Crippen molar-refractivity contribution in [1.82, 2.24) is 20.1 Å². The molecule has 0 radical (unpaired) electrons. The van der Waals surface area contributed by atoms with E-state index in [0.29, 0.717) is 28.8 Å². The van der Waals surface area contributed by atoms with Crippen LogP contribution < -0.4 is 5.32 Å². The summed E-state index contributed by atoms with van der Waals surface area (Å²) < 4.78 is 17.0. The number of amides is 1. The van der Waals surface area contributed by atoms with Gasteiger partial charge in [-0.25, -0.2) is 4.39 Å². The number of fused-ring (bicyclic) bond motifs is 2. The summed E-state index contributed by atoms with van der Waals surface area (Å²) in [6.45, 7) is 3.25. The van der Waals surface area contributed by atoms with Crippen molar-refractivity contribution in [2.45, 2.75) is 45.6 Å². The standard InChI is InChI=1S/C19H21FN4OS/c1-12-17-13(20)6-5-7-14(17)26-18(12)19(25)21-10-9-16-23-22-15-8-3-2-4-11-24(15)16/h5-7H,2-4,8-11H2,1H3,(H,21,25). The Morgan fingerprint density at radius 1 is 1.31 bits per heavy atom. The molecule has 0 unspecified atom stereocenters. The Bertz CT molecular complexity index is 962. The topological polar surface area (TPSA) is 59.8 Å². The monoisotopic (exact) mass is 372 g/mol. The van der Waals surface area contributed by atoms with Crippen molar-refractivity contribution in [3.8, 4) is 0 Å². The highest BCUT2D eigenvalue weighted by Gasteiger charge is 2.18. The summed E-state index contributed by atoms with van der Waals surface area (Å²) in [6.07, 6.45) is 5.16. The highest BCUT2D eigenvalue weighted by atomic mass is 32.1. The Hall–Kier alpha value is -2.28. The van der Waals surface area contributed by atoms with Crippen LogP contribution in [0.3, 0.4) is 0 Å². The lowest BCUT2D eigenvalue weighted by Crippen LogP contribution is -2.26. The third kappa shape index (κ3) is 3.11. The fourth-order valence-electron chi connectivity index (χ4n) is 3.57. The zero-order valence-electron chi connectivity index (χ0n) is 14.7. The average molecular weight is 372 g/mol. The van der Waals surface area contributed by atoms with Gasteiger partial charge in [0.25, 0.3) is 5.91 Å². The van der Waals surface area contributed by atoms with Gasteiger partial charge in [-0.05, 0) is 37.5 Å². The van der Waals surface area contributed by atoms with Gasteiger partial charge in [0.2, 0.25) is 0 Å². The van der Waals surface area contributed by atoms with E-state index in [2.05, 4.69) is 20.1 Å². The highest BCUT2D eigenvalue weighted by molar-refractivity contribution is 7.21. The van der Waals surface area contributed by atoms with Gasteiger partial charge in [0, 0.05) is 36.0 Å². The molecule has 5 nitrogen and oxygen atoms in total. The van der Waals surface area contributed by atoms with Gasteiger partial charge < -0.3 is 9.88 Å². The first-order chi connectivity index (χ1) is 12.6. The maximum atomic E-state index is 14.0. The van der Waals surface area contributed by atoms with Gasteiger partial charge >= 0.3 is 0 Å². The molecule has 0 aliphatic carbocycles. The van der Waals surface area contributed by atoms with Crippen LogP contribution in [0.4, 0.5) is 4.39 Å². The molecule has 136 valence electrons. The molecule has 0 fully saturated rings. The summed E-state index contributed by atoms with van der Waals surface area (Å²) in [5, 5.41) is 12.1. The second kappa shape index (κ2) is 7.15. The van der Waals surface area contributed by atoms with Crippen LogP contribution in [0.2, 0.25) is 0 Å². The van der Waals surface area contributed by atoms with Crippen molar-refractivity contribution in [2.24, 2.45) is 0 Å². The summed E-state index contributed by atoms with van der Waals surface area (Å²) in [7, 11) is 0. The molecular weight excluding hydrogens is 351 g/mol. The Labute approximate surface area is 155 Å². The van der Waals surface area contributed by atoms with E-state index in [1.54, 1.807) is 13.0 Å². The number of carbonyl (C=O) groups excluding carboxylic acids is 1. The van der Waals surface area contributed by atoms with Crippen LogP contribution in [-0.4, -0.2) is 27.2 Å². The van der Waals surface area contributed by atoms with Crippen LogP contribution in [0, 0.1) is 12.7 Å². The molecule has 1 aromatic carbocycles. The van der Waals surface area contributed by atoms with Crippen molar-refractivity contribution in [1.29, 1.82) is 0 Å². The number of carbonyl (C=O) groups is 1. The van der Waals surface area contributed by atoms with E-state index in [-0.39, 0.29) is 11.7 Å². The molecule has 2 aromatic heterocycles.